The third-order valence-electron chi connectivity index (χ3n) is 3.17. The van der Waals surface area contributed by atoms with Gasteiger partial charge < -0.3 is 10.1 Å². The fourth-order valence-corrected chi connectivity index (χ4v) is 2.99. The molecular weight excluding hydrogens is 278 g/mol. The van der Waals surface area contributed by atoms with Crippen molar-refractivity contribution in [2.75, 3.05) is 11.9 Å². The SMILES string of the molecule is CCCOc1cccc(NCc2ccc(C(C)(C)C)s2)c1. The van der Waals surface area contributed by atoms with Crippen LogP contribution in [-0.4, -0.2) is 6.61 Å². The van der Waals surface area contributed by atoms with Crippen molar-refractivity contribution in [3.8, 4) is 5.75 Å². The molecule has 0 aliphatic rings. The Balaban J connectivity index is 1.95. The molecule has 1 N–H and O–H groups in total. The molecule has 3 heteroatoms. The molecule has 0 unspecified atom stereocenters. The fourth-order valence-electron chi connectivity index (χ4n) is 1.98. The molecule has 0 atom stereocenters. The van der Waals surface area contributed by atoms with E-state index in [4.69, 9.17) is 4.74 Å². The molecule has 0 amide bonds. The lowest BCUT2D eigenvalue weighted by atomic mass is 9.95. The number of ether oxygens (including phenoxy) is 1. The monoisotopic (exact) mass is 303 g/mol. The molecule has 2 nitrogen and oxygen atoms in total. The van der Waals surface area contributed by atoms with E-state index in [0.717, 1.165) is 31.0 Å². The van der Waals surface area contributed by atoms with Crippen LogP contribution in [-0.2, 0) is 12.0 Å². The molecule has 0 aliphatic heterocycles. The maximum atomic E-state index is 5.66. The van der Waals surface area contributed by atoms with Gasteiger partial charge in [0.2, 0.25) is 0 Å². The molecule has 2 aromatic rings. The summed E-state index contributed by atoms with van der Waals surface area (Å²) < 4.78 is 5.66. The van der Waals surface area contributed by atoms with Gasteiger partial charge in [0.15, 0.2) is 0 Å². The van der Waals surface area contributed by atoms with Gasteiger partial charge in [0.1, 0.15) is 5.75 Å². The van der Waals surface area contributed by atoms with E-state index in [0.29, 0.717) is 0 Å². The van der Waals surface area contributed by atoms with Gasteiger partial charge in [-0.3, -0.25) is 0 Å². The maximum absolute atomic E-state index is 5.66. The van der Waals surface area contributed by atoms with Crippen LogP contribution in [0.4, 0.5) is 5.69 Å². The Morgan fingerprint density at radius 2 is 1.95 bits per heavy atom. The Kier molecular flexibility index (Phi) is 5.29. The van der Waals surface area contributed by atoms with Gasteiger partial charge in [-0.15, -0.1) is 11.3 Å². The van der Waals surface area contributed by atoms with Crippen LogP contribution in [0.25, 0.3) is 0 Å². The number of rotatable bonds is 6. The molecule has 0 bridgehead atoms. The first kappa shape index (κ1) is 15.9. The van der Waals surface area contributed by atoms with Gasteiger partial charge in [0.25, 0.3) is 0 Å². The van der Waals surface area contributed by atoms with Gasteiger partial charge in [-0.05, 0) is 36.1 Å². The molecule has 0 spiro atoms. The van der Waals surface area contributed by atoms with Crippen molar-refractivity contribution in [1.29, 1.82) is 0 Å². The highest BCUT2D eigenvalue weighted by Crippen LogP contribution is 2.30. The van der Waals surface area contributed by atoms with Crippen LogP contribution in [0.2, 0.25) is 0 Å². The zero-order valence-electron chi connectivity index (χ0n) is 13.4. The first-order valence-electron chi connectivity index (χ1n) is 7.55. The summed E-state index contributed by atoms with van der Waals surface area (Å²) >= 11 is 1.88. The second kappa shape index (κ2) is 6.99. The van der Waals surface area contributed by atoms with E-state index in [2.05, 4.69) is 57.3 Å². The van der Waals surface area contributed by atoms with Crippen LogP contribution in [0, 0.1) is 0 Å². The van der Waals surface area contributed by atoms with Crippen LogP contribution < -0.4 is 10.1 Å². The zero-order chi connectivity index (χ0) is 15.3. The van der Waals surface area contributed by atoms with Gasteiger partial charge in [0, 0.05) is 28.1 Å². The molecule has 0 saturated heterocycles. The Morgan fingerprint density at radius 1 is 1.14 bits per heavy atom. The molecule has 2 rings (SSSR count). The average molecular weight is 303 g/mol. The van der Waals surface area contributed by atoms with Crippen LogP contribution in [0.3, 0.4) is 0 Å². The molecule has 1 aromatic heterocycles. The van der Waals surface area contributed by atoms with Crippen LogP contribution in [0.15, 0.2) is 36.4 Å². The van der Waals surface area contributed by atoms with E-state index in [-0.39, 0.29) is 5.41 Å². The number of nitrogens with one attached hydrogen (secondary N) is 1. The van der Waals surface area contributed by atoms with E-state index >= 15 is 0 Å². The smallest absolute Gasteiger partial charge is 0.121 e. The lowest BCUT2D eigenvalue weighted by molar-refractivity contribution is 0.317. The molecular formula is C18H25NOS. The van der Waals surface area contributed by atoms with Gasteiger partial charge in [-0.1, -0.05) is 33.8 Å². The van der Waals surface area contributed by atoms with Crippen LogP contribution >= 0.6 is 11.3 Å². The van der Waals surface area contributed by atoms with Crippen molar-refractivity contribution < 1.29 is 4.74 Å². The van der Waals surface area contributed by atoms with Crippen molar-refractivity contribution >= 4 is 17.0 Å². The van der Waals surface area contributed by atoms with E-state index in [1.807, 2.05) is 23.5 Å². The minimum atomic E-state index is 0.233. The van der Waals surface area contributed by atoms with Gasteiger partial charge in [-0.25, -0.2) is 0 Å². The minimum Gasteiger partial charge on any atom is -0.494 e. The summed E-state index contributed by atoms with van der Waals surface area (Å²) in [6.45, 7) is 10.5. The second-order valence-electron chi connectivity index (χ2n) is 6.25. The normalized spacial score (nSPS) is 11.4. The van der Waals surface area contributed by atoms with Crippen LogP contribution in [0.1, 0.15) is 43.9 Å². The van der Waals surface area contributed by atoms with Crippen molar-refractivity contribution in [1.82, 2.24) is 0 Å². The number of anilines is 1. The van der Waals surface area contributed by atoms with Crippen molar-refractivity contribution in [2.24, 2.45) is 0 Å². The molecule has 114 valence electrons. The van der Waals surface area contributed by atoms with Gasteiger partial charge in [-0.2, -0.15) is 0 Å². The second-order valence-corrected chi connectivity index (χ2v) is 7.41. The van der Waals surface area contributed by atoms with E-state index in [1.165, 1.54) is 9.75 Å². The summed E-state index contributed by atoms with van der Waals surface area (Å²) in [7, 11) is 0. The number of hydrogen-bond acceptors (Lipinski definition) is 3. The summed E-state index contributed by atoms with van der Waals surface area (Å²) in [6.07, 6.45) is 1.03. The van der Waals surface area contributed by atoms with Crippen molar-refractivity contribution in [2.45, 2.75) is 46.1 Å². The summed E-state index contributed by atoms with van der Waals surface area (Å²) in [5.41, 5.74) is 1.34. The summed E-state index contributed by atoms with van der Waals surface area (Å²) in [5.74, 6) is 0.934. The first-order valence-corrected chi connectivity index (χ1v) is 8.36. The largest absolute Gasteiger partial charge is 0.494 e. The quantitative estimate of drug-likeness (QED) is 0.766. The molecule has 0 fully saturated rings. The third-order valence-corrected chi connectivity index (χ3v) is 4.69. The Hall–Kier alpha value is -1.48. The highest BCUT2D eigenvalue weighted by Gasteiger charge is 2.15. The van der Waals surface area contributed by atoms with E-state index in [1.54, 1.807) is 0 Å². The van der Waals surface area contributed by atoms with Gasteiger partial charge >= 0.3 is 0 Å². The molecule has 0 aliphatic carbocycles. The fraction of sp³-hybridized carbons (Fsp3) is 0.444. The molecule has 1 heterocycles. The molecule has 0 saturated carbocycles. The first-order chi connectivity index (χ1) is 9.99. The molecule has 21 heavy (non-hydrogen) atoms. The third kappa shape index (κ3) is 4.78. The lowest BCUT2D eigenvalue weighted by Crippen LogP contribution is -2.07. The summed E-state index contributed by atoms with van der Waals surface area (Å²) in [4.78, 5) is 2.79. The Labute approximate surface area is 132 Å². The summed E-state index contributed by atoms with van der Waals surface area (Å²) in [6, 6.07) is 12.6. The average Bonchev–Trinajstić information content (AvgIpc) is 2.92. The lowest BCUT2D eigenvalue weighted by Gasteiger charge is -2.15. The van der Waals surface area contributed by atoms with E-state index < -0.39 is 0 Å². The number of thiophene rings is 1. The zero-order valence-corrected chi connectivity index (χ0v) is 14.2. The van der Waals surface area contributed by atoms with Crippen molar-refractivity contribution in [3.63, 3.8) is 0 Å². The van der Waals surface area contributed by atoms with Crippen molar-refractivity contribution in [3.05, 3.63) is 46.2 Å². The number of benzene rings is 1. The molecule has 0 radical (unpaired) electrons. The highest BCUT2D eigenvalue weighted by atomic mass is 32.1. The highest BCUT2D eigenvalue weighted by molar-refractivity contribution is 7.12. The number of hydrogen-bond donors (Lipinski definition) is 1. The predicted octanol–water partition coefficient (Wildman–Crippen LogP) is 5.45. The Morgan fingerprint density at radius 3 is 2.62 bits per heavy atom. The summed E-state index contributed by atoms with van der Waals surface area (Å²) in [5, 5.41) is 3.47. The predicted molar refractivity (Wildman–Crippen MR) is 92.6 cm³/mol. The minimum absolute atomic E-state index is 0.233. The Bertz CT molecular complexity index is 569. The van der Waals surface area contributed by atoms with Gasteiger partial charge in [0.05, 0.1) is 6.61 Å². The topological polar surface area (TPSA) is 21.3 Å². The maximum Gasteiger partial charge on any atom is 0.121 e. The molecule has 1 aromatic carbocycles. The van der Waals surface area contributed by atoms with Crippen LogP contribution in [0.5, 0.6) is 5.75 Å². The standard InChI is InChI=1S/C18H25NOS/c1-5-11-20-15-8-6-7-14(12-15)19-13-16-9-10-17(21-16)18(2,3)4/h6-10,12,19H,5,11,13H2,1-4H3. The van der Waals surface area contributed by atoms with E-state index in [9.17, 15) is 0 Å².